The van der Waals surface area contributed by atoms with E-state index in [4.69, 9.17) is 16.0 Å². The van der Waals surface area contributed by atoms with Crippen molar-refractivity contribution < 1.29 is 4.42 Å². The van der Waals surface area contributed by atoms with E-state index in [1.165, 1.54) is 10.9 Å². The van der Waals surface area contributed by atoms with Crippen molar-refractivity contribution in [1.29, 1.82) is 0 Å². The lowest BCUT2D eigenvalue weighted by molar-refractivity contribution is 0.544. The normalized spacial score (nSPS) is 12.7. The van der Waals surface area contributed by atoms with E-state index in [2.05, 4.69) is 24.4 Å². The van der Waals surface area contributed by atoms with Gasteiger partial charge in [-0.1, -0.05) is 48.0 Å². The lowest BCUT2D eigenvalue weighted by Gasteiger charge is -2.15. The third-order valence-corrected chi connectivity index (χ3v) is 4.20. The highest BCUT2D eigenvalue weighted by Crippen LogP contribution is 2.27. The van der Waals surface area contributed by atoms with Gasteiger partial charge in [-0.2, -0.15) is 0 Å². The second-order valence-corrected chi connectivity index (χ2v) is 5.66. The second kappa shape index (κ2) is 5.92. The van der Waals surface area contributed by atoms with Gasteiger partial charge in [-0.3, -0.25) is 0 Å². The number of para-hydroxylation sites is 1. The molecule has 1 N–H and O–H groups in total. The van der Waals surface area contributed by atoms with Crippen LogP contribution in [0.4, 0.5) is 0 Å². The summed E-state index contributed by atoms with van der Waals surface area (Å²) in [6, 6.07) is 16.3. The minimum Gasteiger partial charge on any atom is -0.461 e. The maximum absolute atomic E-state index is 6.25. The molecule has 1 heterocycles. The van der Waals surface area contributed by atoms with Gasteiger partial charge >= 0.3 is 0 Å². The molecule has 0 bridgehead atoms. The van der Waals surface area contributed by atoms with E-state index in [9.17, 15) is 0 Å². The van der Waals surface area contributed by atoms with Crippen LogP contribution in [0.3, 0.4) is 0 Å². The van der Waals surface area contributed by atoms with Crippen molar-refractivity contribution in [2.24, 2.45) is 0 Å². The molecule has 0 aliphatic rings. The van der Waals surface area contributed by atoms with Crippen LogP contribution in [-0.2, 0) is 6.54 Å². The fraction of sp³-hybridized carbons (Fsp3) is 0.222. The summed E-state index contributed by atoms with van der Waals surface area (Å²) in [6.45, 7) is 4.89. The van der Waals surface area contributed by atoms with Crippen LogP contribution in [0.1, 0.15) is 29.9 Å². The molecule has 1 atom stereocenters. The lowest BCUT2D eigenvalue weighted by atomic mass is 10.1. The summed E-state index contributed by atoms with van der Waals surface area (Å²) < 4.78 is 5.79. The van der Waals surface area contributed by atoms with E-state index in [-0.39, 0.29) is 6.04 Å². The van der Waals surface area contributed by atoms with Crippen LogP contribution in [0.2, 0.25) is 5.02 Å². The molecule has 3 aromatic rings. The Morgan fingerprint density at radius 3 is 2.62 bits per heavy atom. The summed E-state index contributed by atoms with van der Waals surface area (Å²) in [6.07, 6.45) is 0. The highest BCUT2D eigenvalue weighted by molar-refractivity contribution is 6.31. The number of hydrogen-bond acceptors (Lipinski definition) is 2. The van der Waals surface area contributed by atoms with Gasteiger partial charge in [-0.25, -0.2) is 0 Å². The summed E-state index contributed by atoms with van der Waals surface area (Å²) in [5, 5.41) is 5.50. The van der Waals surface area contributed by atoms with Crippen LogP contribution in [-0.4, -0.2) is 0 Å². The molecule has 2 aromatic carbocycles. The Morgan fingerprint density at radius 2 is 1.81 bits per heavy atom. The number of hydrogen-bond donors (Lipinski definition) is 1. The summed E-state index contributed by atoms with van der Waals surface area (Å²) in [4.78, 5) is 0. The Kier molecular flexibility index (Phi) is 4.00. The monoisotopic (exact) mass is 299 g/mol. The van der Waals surface area contributed by atoms with E-state index in [0.717, 1.165) is 28.5 Å². The standard InChI is InChI=1S/C18H18ClNO/c1-12(14-7-3-5-9-17(14)19)20-11-16-13(2)21-18-10-6-4-8-15(16)18/h3-10,12,20H,11H2,1-2H3/t12-/m1/s1. The molecule has 0 spiro atoms. The number of furan rings is 1. The van der Waals surface area contributed by atoms with Crippen LogP contribution in [0.5, 0.6) is 0 Å². The van der Waals surface area contributed by atoms with Gasteiger partial charge in [0.15, 0.2) is 0 Å². The van der Waals surface area contributed by atoms with Crippen LogP contribution in [0.25, 0.3) is 11.0 Å². The van der Waals surface area contributed by atoms with Gasteiger partial charge in [0.1, 0.15) is 11.3 Å². The first kappa shape index (κ1) is 14.2. The molecule has 1 aromatic heterocycles. The van der Waals surface area contributed by atoms with E-state index in [1.807, 2.05) is 43.3 Å². The summed E-state index contributed by atoms with van der Waals surface area (Å²) in [5.41, 5.74) is 3.27. The zero-order chi connectivity index (χ0) is 14.8. The molecule has 0 amide bonds. The van der Waals surface area contributed by atoms with E-state index < -0.39 is 0 Å². The van der Waals surface area contributed by atoms with Gasteiger partial charge in [0.2, 0.25) is 0 Å². The van der Waals surface area contributed by atoms with Crippen LogP contribution < -0.4 is 5.32 Å². The highest BCUT2D eigenvalue weighted by atomic mass is 35.5. The lowest BCUT2D eigenvalue weighted by Crippen LogP contribution is -2.18. The van der Waals surface area contributed by atoms with Gasteiger partial charge in [0.05, 0.1) is 0 Å². The molecule has 0 aliphatic heterocycles. The summed E-state index contributed by atoms with van der Waals surface area (Å²) in [5.74, 6) is 0.968. The summed E-state index contributed by atoms with van der Waals surface area (Å²) >= 11 is 6.25. The maximum atomic E-state index is 6.25. The molecule has 21 heavy (non-hydrogen) atoms. The number of halogens is 1. The minimum atomic E-state index is 0.187. The molecule has 0 aliphatic carbocycles. The molecule has 3 heteroatoms. The number of fused-ring (bicyclic) bond motifs is 1. The van der Waals surface area contributed by atoms with Gasteiger partial charge < -0.3 is 9.73 Å². The number of rotatable bonds is 4. The molecule has 108 valence electrons. The van der Waals surface area contributed by atoms with Crippen LogP contribution in [0, 0.1) is 6.92 Å². The zero-order valence-corrected chi connectivity index (χ0v) is 12.9. The fourth-order valence-corrected chi connectivity index (χ4v) is 2.93. The number of aryl methyl sites for hydroxylation is 1. The first-order valence-electron chi connectivity index (χ1n) is 7.11. The van der Waals surface area contributed by atoms with Crippen molar-refractivity contribution in [3.63, 3.8) is 0 Å². The molecule has 0 saturated heterocycles. The van der Waals surface area contributed by atoms with Crippen LogP contribution >= 0.6 is 11.6 Å². The highest BCUT2D eigenvalue weighted by Gasteiger charge is 2.13. The van der Waals surface area contributed by atoms with E-state index in [0.29, 0.717) is 0 Å². The predicted molar refractivity (Wildman–Crippen MR) is 87.7 cm³/mol. The first-order valence-corrected chi connectivity index (χ1v) is 7.49. The van der Waals surface area contributed by atoms with Crippen molar-refractivity contribution in [3.8, 4) is 0 Å². The molecule has 2 nitrogen and oxygen atoms in total. The Hall–Kier alpha value is -1.77. The zero-order valence-electron chi connectivity index (χ0n) is 12.2. The largest absolute Gasteiger partial charge is 0.461 e. The SMILES string of the molecule is Cc1oc2ccccc2c1CN[C@H](C)c1ccccc1Cl. The van der Waals surface area contributed by atoms with Crippen molar-refractivity contribution >= 4 is 22.6 Å². The minimum absolute atomic E-state index is 0.187. The Bertz CT molecular complexity index is 763. The first-order chi connectivity index (χ1) is 10.2. The fourth-order valence-electron chi connectivity index (χ4n) is 2.63. The Balaban J connectivity index is 1.81. The number of nitrogens with one attached hydrogen (secondary N) is 1. The van der Waals surface area contributed by atoms with Crippen LogP contribution in [0.15, 0.2) is 52.9 Å². The van der Waals surface area contributed by atoms with E-state index in [1.54, 1.807) is 0 Å². The average Bonchev–Trinajstić information content (AvgIpc) is 2.81. The summed E-state index contributed by atoms with van der Waals surface area (Å²) in [7, 11) is 0. The molecule has 0 fully saturated rings. The van der Waals surface area contributed by atoms with Gasteiger partial charge in [0, 0.05) is 28.6 Å². The number of benzene rings is 2. The van der Waals surface area contributed by atoms with Crippen molar-refractivity contribution in [2.75, 3.05) is 0 Å². The molecular weight excluding hydrogens is 282 g/mol. The molecular formula is C18H18ClNO. The topological polar surface area (TPSA) is 25.2 Å². The Labute approximate surface area is 129 Å². The molecule has 0 saturated carbocycles. The van der Waals surface area contributed by atoms with Gasteiger partial charge in [-0.05, 0) is 31.5 Å². The van der Waals surface area contributed by atoms with E-state index >= 15 is 0 Å². The Morgan fingerprint density at radius 1 is 1.10 bits per heavy atom. The van der Waals surface area contributed by atoms with Crippen molar-refractivity contribution in [3.05, 3.63) is 70.4 Å². The third kappa shape index (κ3) is 2.82. The van der Waals surface area contributed by atoms with Gasteiger partial charge in [0.25, 0.3) is 0 Å². The maximum Gasteiger partial charge on any atom is 0.134 e. The molecule has 0 unspecified atom stereocenters. The van der Waals surface area contributed by atoms with Crippen molar-refractivity contribution in [1.82, 2.24) is 5.32 Å². The smallest absolute Gasteiger partial charge is 0.134 e. The third-order valence-electron chi connectivity index (χ3n) is 3.86. The average molecular weight is 300 g/mol. The van der Waals surface area contributed by atoms with Crippen molar-refractivity contribution in [2.45, 2.75) is 26.4 Å². The molecule has 3 rings (SSSR count). The molecule has 0 radical (unpaired) electrons. The predicted octanol–water partition coefficient (Wildman–Crippen LogP) is 5.25. The second-order valence-electron chi connectivity index (χ2n) is 5.26. The quantitative estimate of drug-likeness (QED) is 0.712. The van der Waals surface area contributed by atoms with Gasteiger partial charge in [-0.15, -0.1) is 0 Å².